The van der Waals surface area contributed by atoms with Gasteiger partial charge in [0, 0.05) is 24.2 Å². The summed E-state index contributed by atoms with van der Waals surface area (Å²) in [5.41, 5.74) is 11.4. The molecule has 1 atom stereocenters. The molecule has 4 heteroatoms. The number of imidazole rings is 1. The molecule has 0 bridgehead atoms. The Hall–Kier alpha value is -2.33. The quantitative estimate of drug-likeness (QED) is 0.767. The third-order valence-corrected chi connectivity index (χ3v) is 4.20. The predicted octanol–water partition coefficient (Wildman–Crippen LogP) is 4.16. The van der Waals surface area contributed by atoms with E-state index < -0.39 is 0 Å². The molecule has 1 aromatic carbocycles. The van der Waals surface area contributed by atoms with Gasteiger partial charge in [0.15, 0.2) is 0 Å². The number of nitrogens with two attached hydrogens (primary N) is 1. The first kappa shape index (κ1) is 16.5. The lowest BCUT2D eigenvalue weighted by Gasteiger charge is -2.13. The summed E-state index contributed by atoms with van der Waals surface area (Å²) in [4.78, 5) is 4.91. The lowest BCUT2D eigenvalue weighted by molar-refractivity contribution is 0.242. The van der Waals surface area contributed by atoms with Crippen LogP contribution < -0.4 is 10.5 Å². The van der Waals surface area contributed by atoms with Gasteiger partial charge in [0.1, 0.15) is 11.4 Å². The topological polar surface area (TPSA) is 52.5 Å². The van der Waals surface area contributed by atoms with Gasteiger partial charge in [-0.25, -0.2) is 4.98 Å². The number of fused-ring (bicyclic) bond motifs is 1. The summed E-state index contributed by atoms with van der Waals surface area (Å²) in [5, 5.41) is 0. The van der Waals surface area contributed by atoms with E-state index in [1.54, 1.807) is 0 Å². The van der Waals surface area contributed by atoms with Crippen LogP contribution in [0.3, 0.4) is 0 Å². The molecule has 0 amide bonds. The molecule has 2 heterocycles. The van der Waals surface area contributed by atoms with Gasteiger partial charge in [-0.2, -0.15) is 0 Å². The van der Waals surface area contributed by atoms with Crippen LogP contribution in [0.15, 0.2) is 42.6 Å². The average Bonchev–Trinajstić information content (AvgIpc) is 2.95. The Morgan fingerprint density at radius 2 is 1.83 bits per heavy atom. The molecule has 0 fully saturated rings. The summed E-state index contributed by atoms with van der Waals surface area (Å²) in [6, 6.07) is 12.3. The van der Waals surface area contributed by atoms with Gasteiger partial charge in [0.05, 0.1) is 17.5 Å². The molecule has 1 unspecified atom stereocenters. The summed E-state index contributed by atoms with van der Waals surface area (Å²) in [6.45, 7) is 8.87. The molecule has 0 aliphatic carbocycles. The average molecular weight is 323 g/mol. The second-order valence-corrected chi connectivity index (χ2v) is 6.56. The number of nitrogens with zero attached hydrogens (tertiary/aromatic N) is 2. The van der Waals surface area contributed by atoms with Crippen LogP contribution in [0.25, 0.3) is 16.9 Å². The minimum absolute atomic E-state index is 0.168. The van der Waals surface area contributed by atoms with Crippen molar-refractivity contribution in [3.8, 4) is 17.0 Å². The van der Waals surface area contributed by atoms with Crippen LogP contribution in [-0.2, 0) is 0 Å². The van der Waals surface area contributed by atoms with Crippen molar-refractivity contribution in [2.24, 2.45) is 5.73 Å². The SMILES string of the molecule is Cc1cccn2c(C(C)CN)c(-c3ccc(OC(C)C)cc3)nc12. The molecule has 0 radical (unpaired) electrons. The van der Waals surface area contributed by atoms with Gasteiger partial charge >= 0.3 is 0 Å². The first-order valence-corrected chi connectivity index (χ1v) is 8.46. The Bertz CT molecular complexity index is 834. The number of hydrogen-bond donors (Lipinski definition) is 1. The van der Waals surface area contributed by atoms with Crippen LogP contribution in [0, 0.1) is 6.92 Å². The van der Waals surface area contributed by atoms with E-state index in [1.165, 1.54) is 0 Å². The van der Waals surface area contributed by atoms with Crippen molar-refractivity contribution < 1.29 is 4.74 Å². The molecule has 3 aromatic rings. The Morgan fingerprint density at radius 1 is 1.12 bits per heavy atom. The smallest absolute Gasteiger partial charge is 0.140 e. The van der Waals surface area contributed by atoms with E-state index in [9.17, 15) is 0 Å². The van der Waals surface area contributed by atoms with Gasteiger partial charge in [-0.15, -0.1) is 0 Å². The second kappa shape index (κ2) is 6.65. The van der Waals surface area contributed by atoms with Gasteiger partial charge in [-0.3, -0.25) is 0 Å². The molecular weight excluding hydrogens is 298 g/mol. The van der Waals surface area contributed by atoms with E-state index in [2.05, 4.69) is 48.7 Å². The minimum Gasteiger partial charge on any atom is -0.491 e. The van der Waals surface area contributed by atoms with E-state index in [-0.39, 0.29) is 12.0 Å². The number of pyridine rings is 1. The number of rotatable bonds is 5. The summed E-state index contributed by atoms with van der Waals surface area (Å²) < 4.78 is 7.90. The van der Waals surface area contributed by atoms with Gasteiger partial charge in [-0.05, 0) is 56.7 Å². The molecule has 2 N–H and O–H groups in total. The van der Waals surface area contributed by atoms with Crippen LogP contribution in [0.5, 0.6) is 5.75 Å². The Labute approximate surface area is 143 Å². The van der Waals surface area contributed by atoms with Crippen molar-refractivity contribution in [1.82, 2.24) is 9.38 Å². The molecule has 3 rings (SSSR count). The summed E-state index contributed by atoms with van der Waals surface area (Å²) in [7, 11) is 0. The third-order valence-electron chi connectivity index (χ3n) is 4.20. The summed E-state index contributed by atoms with van der Waals surface area (Å²) >= 11 is 0. The number of benzene rings is 1. The fourth-order valence-corrected chi connectivity index (χ4v) is 2.98. The molecule has 24 heavy (non-hydrogen) atoms. The molecule has 4 nitrogen and oxygen atoms in total. The van der Waals surface area contributed by atoms with Crippen molar-refractivity contribution in [2.45, 2.75) is 39.7 Å². The van der Waals surface area contributed by atoms with E-state index in [1.807, 2.05) is 26.0 Å². The number of hydrogen-bond acceptors (Lipinski definition) is 3. The number of aromatic nitrogens is 2. The molecule has 0 aliphatic heterocycles. The van der Waals surface area contributed by atoms with Crippen LogP contribution in [0.1, 0.15) is 37.9 Å². The maximum absolute atomic E-state index is 5.96. The van der Waals surface area contributed by atoms with Crippen LogP contribution in [0.2, 0.25) is 0 Å². The van der Waals surface area contributed by atoms with Crippen molar-refractivity contribution in [1.29, 1.82) is 0 Å². The summed E-state index contributed by atoms with van der Waals surface area (Å²) in [6.07, 6.45) is 2.23. The molecule has 126 valence electrons. The summed E-state index contributed by atoms with van der Waals surface area (Å²) in [5.74, 6) is 1.10. The Kier molecular flexibility index (Phi) is 4.58. The normalized spacial score (nSPS) is 12.8. The maximum Gasteiger partial charge on any atom is 0.140 e. The molecule has 0 saturated heterocycles. The van der Waals surface area contributed by atoms with Gasteiger partial charge in [0.2, 0.25) is 0 Å². The van der Waals surface area contributed by atoms with Crippen molar-refractivity contribution in [3.05, 3.63) is 53.9 Å². The number of aryl methyl sites for hydroxylation is 1. The van der Waals surface area contributed by atoms with Crippen LogP contribution in [-0.4, -0.2) is 22.0 Å². The molecule has 0 saturated carbocycles. The minimum atomic E-state index is 0.168. The van der Waals surface area contributed by atoms with Crippen LogP contribution >= 0.6 is 0 Å². The monoisotopic (exact) mass is 323 g/mol. The zero-order valence-corrected chi connectivity index (χ0v) is 14.8. The van der Waals surface area contributed by atoms with E-state index in [0.717, 1.165) is 33.9 Å². The first-order valence-electron chi connectivity index (χ1n) is 8.46. The number of ether oxygens (including phenoxy) is 1. The van der Waals surface area contributed by atoms with E-state index in [0.29, 0.717) is 6.54 Å². The molecular formula is C20H25N3O. The van der Waals surface area contributed by atoms with Crippen molar-refractivity contribution in [2.75, 3.05) is 6.54 Å². The van der Waals surface area contributed by atoms with Gasteiger partial charge in [-0.1, -0.05) is 13.0 Å². The fourth-order valence-electron chi connectivity index (χ4n) is 2.98. The zero-order chi connectivity index (χ0) is 17.3. The molecule has 0 aliphatic rings. The third kappa shape index (κ3) is 3.02. The highest BCUT2D eigenvalue weighted by molar-refractivity contribution is 5.69. The molecule has 0 spiro atoms. The van der Waals surface area contributed by atoms with Gasteiger partial charge < -0.3 is 14.9 Å². The van der Waals surface area contributed by atoms with Crippen LogP contribution in [0.4, 0.5) is 0 Å². The maximum atomic E-state index is 5.96. The Balaban J connectivity index is 2.13. The zero-order valence-electron chi connectivity index (χ0n) is 14.8. The molecule has 2 aromatic heterocycles. The predicted molar refractivity (Wildman–Crippen MR) is 98.6 cm³/mol. The van der Waals surface area contributed by atoms with E-state index >= 15 is 0 Å². The fraction of sp³-hybridized carbons (Fsp3) is 0.350. The van der Waals surface area contributed by atoms with Crippen molar-refractivity contribution >= 4 is 5.65 Å². The highest BCUT2D eigenvalue weighted by Gasteiger charge is 2.19. The van der Waals surface area contributed by atoms with E-state index in [4.69, 9.17) is 15.5 Å². The first-order chi connectivity index (χ1) is 11.5. The standard InChI is InChI=1S/C20H25N3O/c1-13(2)24-17-9-7-16(8-10-17)18-19(15(4)12-21)23-11-5-6-14(3)20(23)22-18/h5-11,13,15H,12,21H2,1-4H3. The largest absolute Gasteiger partial charge is 0.491 e. The lowest BCUT2D eigenvalue weighted by atomic mass is 10.0. The Morgan fingerprint density at radius 3 is 2.46 bits per heavy atom. The second-order valence-electron chi connectivity index (χ2n) is 6.56. The van der Waals surface area contributed by atoms with Crippen molar-refractivity contribution in [3.63, 3.8) is 0 Å². The lowest BCUT2D eigenvalue weighted by Crippen LogP contribution is -2.12. The van der Waals surface area contributed by atoms with Gasteiger partial charge in [0.25, 0.3) is 0 Å². The highest BCUT2D eigenvalue weighted by atomic mass is 16.5. The highest BCUT2D eigenvalue weighted by Crippen LogP contribution is 2.31.